The van der Waals surface area contributed by atoms with Crippen molar-refractivity contribution in [3.63, 3.8) is 0 Å². The number of rotatable bonds is 2. The normalized spacial score (nSPS) is 19.1. The van der Waals surface area contributed by atoms with Crippen molar-refractivity contribution in [2.75, 3.05) is 12.1 Å². The van der Waals surface area contributed by atoms with Gasteiger partial charge in [-0.1, -0.05) is 6.07 Å². The number of imide groups is 1. The molecule has 1 atom stereocenters. The first-order valence-electron chi connectivity index (χ1n) is 5.10. The van der Waals surface area contributed by atoms with Crippen LogP contribution >= 0.6 is 0 Å². The molecule has 1 saturated heterocycles. The fourth-order valence-electron chi connectivity index (χ4n) is 1.51. The molecule has 2 N–H and O–H groups in total. The van der Waals surface area contributed by atoms with E-state index in [2.05, 4.69) is 10.7 Å². The highest BCUT2D eigenvalue weighted by Crippen LogP contribution is 2.20. The number of nitrogens with one attached hydrogen (secondary N) is 2. The van der Waals surface area contributed by atoms with Crippen LogP contribution in [0.5, 0.6) is 5.75 Å². The molecule has 1 heterocycles. The second kappa shape index (κ2) is 4.73. The molecule has 3 amide bonds. The minimum absolute atomic E-state index is 0.472. The molecule has 1 aromatic carbocycles. The molecule has 7 heteroatoms. The molecule has 18 heavy (non-hydrogen) atoms. The minimum Gasteiger partial charge on any atom is -0.497 e. The maximum atomic E-state index is 11.6. The Hall–Kier alpha value is -2.59. The van der Waals surface area contributed by atoms with Crippen molar-refractivity contribution < 1.29 is 14.3 Å². The van der Waals surface area contributed by atoms with Crippen LogP contribution in [-0.4, -0.2) is 25.1 Å². The Bertz CT molecular complexity index is 537. The van der Waals surface area contributed by atoms with Gasteiger partial charge in [-0.3, -0.25) is 10.1 Å². The molecule has 0 bridgehead atoms. The third kappa shape index (κ3) is 2.09. The van der Waals surface area contributed by atoms with Gasteiger partial charge in [-0.15, -0.1) is 0 Å². The lowest BCUT2D eigenvalue weighted by molar-refractivity contribution is -0.121. The third-order valence-corrected chi connectivity index (χ3v) is 2.39. The average molecular weight is 246 g/mol. The molecule has 0 spiro atoms. The SMILES string of the molecule is COc1cccc(N2NC(C#N)C(=O)NC2=O)c1. The summed E-state index contributed by atoms with van der Waals surface area (Å²) in [5.74, 6) is -0.103. The maximum Gasteiger partial charge on any atom is 0.343 e. The van der Waals surface area contributed by atoms with Gasteiger partial charge in [-0.05, 0) is 12.1 Å². The predicted octanol–water partition coefficient (Wildman–Crippen LogP) is 0.148. The molecule has 0 aliphatic carbocycles. The van der Waals surface area contributed by atoms with Gasteiger partial charge in [-0.2, -0.15) is 10.7 Å². The van der Waals surface area contributed by atoms with Gasteiger partial charge in [0.15, 0.2) is 6.04 Å². The van der Waals surface area contributed by atoms with Gasteiger partial charge < -0.3 is 4.74 Å². The number of anilines is 1. The standard InChI is InChI=1S/C11H10N4O3/c1-18-8-4-2-3-7(5-8)15-11(17)13-10(16)9(6-12)14-15/h2-5,9,14H,1H3,(H,13,16,17). The molecule has 1 unspecified atom stereocenters. The van der Waals surface area contributed by atoms with Crippen LogP contribution in [-0.2, 0) is 4.79 Å². The Morgan fingerprint density at radius 2 is 2.22 bits per heavy atom. The maximum absolute atomic E-state index is 11.6. The molecule has 0 aromatic heterocycles. The third-order valence-electron chi connectivity index (χ3n) is 2.39. The van der Waals surface area contributed by atoms with Gasteiger partial charge in [0, 0.05) is 6.07 Å². The number of ether oxygens (including phenoxy) is 1. The summed E-state index contributed by atoms with van der Waals surface area (Å²) in [7, 11) is 1.50. The summed E-state index contributed by atoms with van der Waals surface area (Å²) in [6, 6.07) is 6.69. The predicted molar refractivity (Wildman–Crippen MR) is 61.5 cm³/mol. The van der Waals surface area contributed by atoms with Crippen LogP contribution in [0.3, 0.4) is 0 Å². The van der Waals surface area contributed by atoms with Crippen molar-refractivity contribution in [3.8, 4) is 11.8 Å². The number of methoxy groups -OCH3 is 1. The molecule has 1 aliphatic rings. The minimum atomic E-state index is -1.10. The van der Waals surface area contributed by atoms with E-state index in [1.165, 1.54) is 7.11 Å². The van der Waals surface area contributed by atoms with E-state index in [0.717, 1.165) is 5.01 Å². The number of hydrogen-bond acceptors (Lipinski definition) is 5. The molecule has 0 radical (unpaired) electrons. The first kappa shape index (κ1) is 11.9. The average Bonchev–Trinajstić information content (AvgIpc) is 2.39. The highest BCUT2D eigenvalue weighted by molar-refractivity contribution is 6.07. The highest BCUT2D eigenvalue weighted by atomic mass is 16.5. The van der Waals surface area contributed by atoms with Crippen LogP contribution in [0.2, 0.25) is 0 Å². The van der Waals surface area contributed by atoms with Crippen LogP contribution in [0, 0.1) is 11.3 Å². The van der Waals surface area contributed by atoms with Crippen LogP contribution in [0.15, 0.2) is 24.3 Å². The molecular weight excluding hydrogens is 236 g/mol. The van der Waals surface area contributed by atoms with Crippen molar-refractivity contribution in [1.29, 1.82) is 5.26 Å². The zero-order valence-corrected chi connectivity index (χ0v) is 9.51. The monoisotopic (exact) mass is 246 g/mol. The second-order valence-corrected chi connectivity index (χ2v) is 3.52. The summed E-state index contributed by atoms with van der Waals surface area (Å²) in [6.45, 7) is 0. The molecule has 7 nitrogen and oxygen atoms in total. The lowest BCUT2D eigenvalue weighted by Crippen LogP contribution is -2.64. The van der Waals surface area contributed by atoms with Crippen molar-refractivity contribution >= 4 is 17.6 Å². The Labute approximate surface area is 103 Å². The zero-order valence-electron chi connectivity index (χ0n) is 9.51. The summed E-state index contributed by atoms with van der Waals surface area (Å²) in [4.78, 5) is 22.9. The Morgan fingerprint density at radius 1 is 1.44 bits per heavy atom. The van der Waals surface area contributed by atoms with Gasteiger partial charge >= 0.3 is 6.03 Å². The van der Waals surface area contributed by atoms with Gasteiger partial charge in [0.25, 0.3) is 5.91 Å². The topological polar surface area (TPSA) is 94.5 Å². The van der Waals surface area contributed by atoms with E-state index in [9.17, 15) is 9.59 Å². The lowest BCUT2D eigenvalue weighted by Gasteiger charge is -2.30. The number of hydrazine groups is 1. The molecule has 2 rings (SSSR count). The van der Waals surface area contributed by atoms with E-state index < -0.39 is 18.0 Å². The van der Waals surface area contributed by atoms with Crippen LogP contribution in [0.1, 0.15) is 0 Å². The summed E-state index contributed by atoms with van der Waals surface area (Å²) < 4.78 is 5.04. The van der Waals surface area contributed by atoms with E-state index in [-0.39, 0.29) is 0 Å². The van der Waals surface area contributed by atoms with Crippen molar-refractivity contribution in [3.05, 3.63) is 24.3 Å². The summed E-state index contributed by atoms with van der Waals surface area (Å²) in [6.07, 6.45) is 0. The van der Waals surface area contributed by atoms with Crippen LogP contribution in [0.4, 0.5) is 10.5 Å². The van der Waals surface area contributed by atoms with Crippen molar-refractivity contribution in [2.24, 2.45) is 0 Å². The molecule has 92 valence electrons. The molecule has 1 aliphatic heterocycles. The molecule has 1 aromatic rings. The zero-order chi connectivity index (χ0) is 13.1. The van der Waals surface area contributed by atoms with E-state index in [1.54, 1.807) is 30.3 Å². The summed E-state index contributed by atoms with van der Waals surface area (Å²) in [5.41, 5.74) is 3.00. The number of nitrogens with zero attached hydrogens (tertiary/aromatic N) is 2. The largest absolute Gasteiger partial charge is 0.497 e. The first-order chi connectivity index (χ1) is 8.65. The summed E-state index contributed by atoms with van der Waals surface area (Å²) >= 11 is 0. The lowest BCUT2D eigenvalue weighted by atomic mass is 10.2. The Balaban J connectivity index is 2.29. The number of carbonyl (C=O) groups excluding carboxylic acids is 2. The second-order valence-electron chi connectivity index (χ2n) is 3.52. The number of nitriles is 1. The number of amides is 3. The van der Waals surface area contributed by atoms with Gasteiger partial charge in [0.05, 0.1) is 18.9 Å². The quantitative estimate of drug-likeness (QED) is 0.774. The fraction of sp³-hybridized carbons (Fsp3) is 0.182. The Kier molecular flexibility index (Phi) is 3.12. The van der Waals surface area contributed by atoms with E-state index >= 15 is 0 Å². The van der Waals surface area contributed by atoms with Crippen LogP contribution < -0.4 is 20.5 Å². The first-order valence-corrected chi connectivity index (χ1v) is 5.10. The molecule has 1 fully saturated rings. The molecular formula is C11H10N4O3. The highest BCUT2D eigenvalue weighted by Gasteiger charge is 2.32. The number of benzene rings is 1. The van der Waals surface area contributed by atoms with E-state index in [0.29, 0.717) is 11.4 Å². The van der Waals surface area contributed by atoms with Gasteiger partial charge in [0.1, 0.15) is 5.75 Å². The Morgan fingerprint density at radius 3 is 2.89 bits per heavy atom. The number of urea groups is 1. The number of carbonyl (C=O) groups is 2. The van der Waals surface area contributed by atoms with Crippen molar-refractivity contribution in [1.82, 2.24) is 10.7 Å². The smallest absolute Gasteiger partial charge is 0.343 e. The van der Waals surface area contributed by atoms with Gasteiger partial charge in [-0.25, -0.2) is 9.80 Å². The van der Waals surface area contributed by atoms with Gasteiger partial charge in [0.2, 0.25) is 0 Å². The van der Waals surface area contributed by atoms with Crippen molar-refractivity contribution in [2.45, 2.75) is 6.04 Å². The van der Waals surface area contributed by atoms with Crippen LogP contribution in [0.25, 0.3) is 0 Å². The van der Waals surface area contributed by atoms with E-state index in [4.69, 9.17) is 10.00 Å². The van der Waals surface area contributed by atoms with E-state index in [1.807, 2.05) is 0 Å². The fourth-order valence-corrected chi connectivity index (χ4v) is 1.51. The molecule has 0 saturated carbocycles. The summed E-state index contributed by atoms with van der Waals surface area (Å²) in [5, 5.41) is 12.0. The number of hydrogen-bond donors (Lipinski definition) is 2.